The van der Waals surface area contributed by atoms with Crippen LogP contribution in [0, 0.1) is 0 Å². The van der Waals surface area contributed by atoms with Gasteiger partial charge in [0, 0.05) is 32.8 Å². The number of allylic oxidation sites excluding steroid dienone is 6. The molecule has 224 valence electrons. The molecule has 2 nitrogen and oxygen atoms in total. The van der Waals surface area contributed by atoms with Gasteiger partial charge in [-0.15, -0.1) is 11.3 Å². The minimum absolute atomic E-state index is 0.971. The van der Waals surface area contributed by atoms with E-state index in [1.807, 2.05) is 25.2 Å². The molecule has 0 amide bonds. The Morgan fingerprint density at radius 1 is 0.565 bits per heavy atom. The number of hydrogen-bond donors (Lipinski definition) is 1. The fourth-order valence-corrected chi connectivity index (χ4v) is 7.15. The second-order valence-corrected chi connectivity index (χ2v) is 12.1. The number of H-pyrrole nitrogens is 1. The van der Waals surface area contributed by atoms with E-state index in [-0.39, 0.29) is 0 Å². The third-order valence-corrected chi connectivity index (χ3v) is 9.47. The van der Waals surface area contributed by atoms with Crippen molar-refractivity contribution in [3.8, 4) is 21.6 Å². The number of nitrogens with one attached hydrogen (secondary N) is 1. The zero-order chi connectivity index (χ0) is 31.3. The maximum absolute atomic E-state index is 3.58. The number of aromatic nitrogens is 1. The topological polar surface area (TPSA) is 19.0 Å². The molecule has 2 heterocycles. The van der Waals surface area contributed by atoms with Gasteiger partial charge in [0.25, 0.3) is 0 Å². The molecule has 3 heteroatoms. The fraction of sp³-hybridized carbons (Fsp3) is 0.0698. The predicted molar refractivity (Wildman–Crippen MR) is 201 cm³/mol. The lowest BCUT2D eigenvalue weighted by atomic mass is 10.0. The summed E-state index contributed by atoms with van der Waals surface area (Å²) in [5.41, 5.74) is 11.9. The molecule has 1 N–H and O–H groups in total. The van der Waals surface area contributed by atoms with Crippen molar-refractivity contribution >= 4 is 55.1 Å². The van der Waals surface area contributed by atoms with E-state index in [0.29, 0.717) is 0 Å². The Morgan fingerprint density at radius 2 is 1.15 bits per heavy atom. The van der Waals surface area contributed by atoms with Crippen molar-refractivity contribution in [3.63, 3.8) is 0 Å². The highest BCUT2D eigenvalue weighted by Gasteiger charge is 2.15. The average Bonchev–Trinajstić information content (AvgIpc) is 3.57. The van der Waals surface area contributed by atoms with E-state index in [2.05, 4.69) is 174 Å². The van der Waals surface area contributed by atoms with Crippen LogP contribution in [0.4, 0.5) is 17.1 Å². The summed E-state index contributed by atoms with van der Waals surface area (Å²) in [4.78, 5) is 7.19. The van der Waals surface area contributed by atoms with Crippen LogP contribution in [0.15, 0.2) is 164 Å². The molecular formula is C43H36N2S. The molecule has 8 rings (SSSR count). The quantitative estimate of drug-likeness (QED) is 0.198. The maximum Gasteiger partial charge on any atom is 0.0605 e. The lowest BCUT2D eigenvalue weighted by Gasteiger charge is -2.26. The van der Waals surface area contributed by atoms with Crippen LogP contribution >= 0.6 is 11.3 Å². The van der Waals surface area contributed by atoms with Crippen LogP contribution in [-0.2, 0) is 0 Å². The van der Waals surface area contributed by atoms with Crippen LogP contribution in [0.3, 0.4) is 0 Å². The Kier molecular flexibility index (Phi) is 8.49. The van der Waals surface area contributed by atoms with Gasteiger partial charge in [-0.1, -0.05) is 129 Å². The van der Waals surface area contributed by atoms with Crippen LogP contribution in [0.2, 0.25) is 0 Å². The summed E-state index contributed by atoms with van der Waals surface area (Å²) in [6.45, 7) is 4.00. The van der Waals surface area contributed by atoms with E-state index in [0.717, 1.165) is 23.5 Å². The van der Waals surface area contributed by atoms with Gasteiger partial charge in [-0.05, 0) is 82.8 Å². The van der Waals surface area contributed by atoms with Gasteiger partial charge in [-0.3, -0.25) is 0 Å². The first-order chi connectivity index (χ1) is 22.8. The number of fused-ring (bicyclic) bond motifs is 3. The van der Waals surface area contributed by atoms with Gasteiger partial charge in [-0.25, -0.2) is 0 Å². The lowest BCUT2D eigenvalue weighted by Crippen LogP contribution is -2.09. The highest BCUT2D eigenvalue weighted by Crippen LogP contribution is 2.40. The molecule has 0 spiro atoms. The maximum atomic E-state index is 3.58. The molecule has 0 atom stereocenters. The van der Waals surface area contributed by atoms with E-state index in [1.54, 1.807) is 0 Å². The minimum atomic E-state index is 0.971. The Labute approximate surface area is 275 Å². The van der Waals surface area contributed by atoms with Gasteiger partial charge >= 0.3 is 0 Å². The molecule has 7 aromatic rings. The van der Waals surface area contributed by atoms with E-state index in [4.69, 9.17) is 0 Å². The van der Waals surface area contributed by atoms with Crippen LogP contribution in [0.25, 0.3) is 48.3 Å². The third-order valence-electron chi connectivity index (χ3n) is 8.26. The molecule has 5 aromatic carbocycles. The summed E-state index contributed by atoms with van der Waals surface area (Å²) < 4.78 is 1.31. The molecule has 46 heavy (non-hydrogen) atoms. The molecule has 0 saturated carbocycles. The number of para-hydroxylation sites is 1. The third kappa shape index (κ3) is 5.85. The molecule has 1 aliphatic carbocycles. The monoisotopic (exact) mass is 612 g/mol. The summed E-state index contributed by atoms with van der Waals surface area (Å²) in [7, 11) is 0. The number of aromatic amines is 1. The zero-order valence-corrected chi connectivity index (χ0v) is 27.0. The van der Waals surface area contributed by atoms with Gasteiger partial charge in [0.15, 0.2) is 0 Å². The largest absolute Gasteiger partial charge is 0.354 e. The fourth-order valence-electron chi connectivity index (χ4n) is 5.99. The van der Waals surface area contributed by atoms with Gasteiger partial charge < -0.3 is 9.88 Å². The van der Waals surface area contributed by atoms with Crippen molar-refractivity contribution in [3.05, 3.63) is 169 Å². The van der Waals surface area contributed by atoms with Crippen molar-refractivity contribution in [2.45, 2.75) is 20.3 Å². The molecule has 0 fully saturated rings. The van der Waals surface area contributed by atoms with E-state index >= 15 is 0 Å². The van der Waals surface area contributed by atoms with Crippen LogP contribution in [-0.4, -0.2) is 4.98 Å². The van der Waals surface area contributed by atoms with Crippen LogP contribution in [0.5, 0.6) is 0 Å². The first kappa shape index (κ1) is 29.3. The summed E-state index contributed by atoms with van der Waals surface area (Å²) >= 11 is 1.85. The number of benzene rings is 5. The molecule has 0 unspecified atom stereocenters. The van der Waals surface area contributed by atoms with Gasteiger partial charge in [-0.2, -0.15) is 0 Å². The van der Waals surface area contributed by atoms with E-state index in [1.165, 1.54) is 53.8 Å². The predicted octanol–water partition coefficient (Wildman–Crippen LogP) is 13.1. The van der Waals surface area contributed by atoms with Gasteiger partial charge in [0.1, 0.15) is 0 Å². The summed E-state index contributed by atoms with van der Waals surface area (Å²) in [6.07, 6.45) is 11.9. The number of nitrogens with zero attached hydrogens (tertiary/aromatic N) is 1. The molecule has 0 radical (unpaired) electrons. The van der Waals surface area contributed by atoms with Crippen LogP contribution < -0.4 is 4.90 Å². The van der Waals surface area contributed by atoms with Crippen LogP contribution in [0.1, 0.15) is 25.8 Å². The van der Waals surface area contributed by atoms with Gasteiger partial charge in [0.05, 0.1) is 10.2 Å². The number of hydrogen-bond acceptors (Lipinski definition) is 2. The molecule has 0 bridgehead atoms. The summed E-state index contributed by atoms with van der Waals surface area (Å²) in [6, 6.07) is 48.1. The zero-order valence-electron chi connectivity index (χ0n) is 26.2. The number of anilines is 3. The Morgan fingerprint density at radius 3 is 1.85 bits per heavy atom. The highest BCUT2D eigenvalue weighted by molar-refractivity contribution is 7.23. The Hall–Kier alpha value is -5.38. The smallest absolute Gasteiger partial charge is 0.0605 e. The first-order valence-corrected chi connectivity index (χ1v) is 16.8. The normalized spacial score (nSPS) is 12.4. The van der Waals surface area contributed by atoms with Crippen molar-refractivity contribution in [1.29, 1.82) is 0 Å². The van der Waals surface area contributed by atoms with Crippen molar-refractivity contribution in [1.82, 2.24) is 4.98 Å². The standard InChI is InChI=1S/C41H30N2S.C2H6/c1-2-5-11-29(10-4-1)31-16-22-34(23-17-31)43(35-24-18-32(19-25-35)30-12-6-3-7-13-30)36-26-20-33(21-27-36)40-28-39-41(44-40)37-14-8-9-15-38(37)42-39;1-2/h1,3-28,42H,2H2;1-2H3. The minimum Gasteiger partial charge on any atom is -0.354 e. The summed E-state index contributed by atoms with van der Waals surface area (Å²) in [5.74, 6) is 0. The second kappa shape index (κ2) is 13.3. The molecular weight excluding hydrogens is 577 g/mol. The Bertz CT molecular complexity index is 2160. The SMILES string of the molecule is C1=CCC=CC(c2ccc(N(c3ccc(-c4ccccc4)cc3)c3ccc(-c4cc5[nH]c6ccccc6c5s4)cc3)cc2)=C1.CC. The number of thiophene rings is 1. The highest BCUT2D eigenvalue weighted by atomic mass is 32.1. The van der Waals surface area contributed by atoms with Crippen molar-refractivity contribution in [2.24, 2.45) is 0 Å². The molecule has 0 aliphatic heterocycles. The first-order valence-electron chi connectivity index (χ1n) is 16.0. The molecule has 0 saturated heterocycles. The van der Waals surface area contributed by atoms with E-state index < -0.39 is 0 Å². The summed E-state index contributed by atoms with van der Waals surface area (Å²) in [5, 5.41) is 1.29. The lowest BCUT2D eigenvalue weighted by molar-refractivity contribution is 1.28. The molecule has 2 aromatic heterocycles. The molecule has 1 aliphatic rings. The second-order valence-electron chi connectivity index (χ2n) is 11.1. The van der Waals surface area contributed by atoms with Crippen molar-refractivity contribution in [2.75, 3.05) is 4.90 Å². The average molecular weight is 613 g/mol. The van der Waals surface area contributed by atoms with Gasteiger partial charge in [0.2, 0.25) is 0 Å². The van der Waals surface area contributed by atoms with Crippen molar-refractivity contribution < 1.29 is 0 Å². The Balaban J connectivity index is 0.00000166. The number of rotatable bonds is 6. The van der Waals surface area contributed by atoms with E-state index in [9.17, 15) is 0 Å².